The SMILES string of the molecule is CCOc1ccccc1-c1cn(S(=O)(=O)c2ccc(C)cc2)c2ncc(B3OC(C)(C)C(C)(C)O3)cc12. The molecule has 1 aliphatic rings. The van der Waals surface area contributed by atoms with E-state index in [2.05, 4.69) is 4.98 Å². The number of aryl methyl sites for hydroxylation is 1. The largest absolute Gasteiger partial charge is 0.496 e. The molecule has 0 spiro atoms. The van der Waals surface area contributed by atoms with Crippen LogP contribution in [0.4, 0.5) is 0 Å². The summed E-state index contributed by atoms with van der Waals surface area (Å²) in [6.07, 6.45) is 3.25. The van der Waals surface area contributed by atoms with Gasteiger partial charge in [-0.15, -0.1) is 0 Å². The summed E-state index contributed by atoms with van der Waals surface area (Å²) in [6.45, 7) is 12.3. The number of rotatable bonds is 6. The Hall–Kier alpha value is -3.14. The summed E-state index contributed by atoms with van der Waals surface area (Å²) in [6, 6.07) is 16.3. The highest BCUT2D eigenvalue weighted by Crippen LogP contribution is 2.39. The normalized spacial score (nSPS) is 16.9. The fraction of sp³-hybridized carbons (Fsp3) is 0.321. The predicted molar refractivity (Wildman–Crippen MR) is 146 cm³/mol. The van der Waals surface area contributed by atoms with Crippen molar-refractivity contribution < 1.29 is 22.5 Å². The minimum Gasteiger partial charge on any atom is -0.493 e. The molecule has 37 heavy (non-hydrogen) atoms. The van der Waals surface area contributed by atoms with Crippen molar-refractivity contribution in [2.24, 2.45) is 0 Å². The fourth-order valence-electron chi connectivity index (χ4n) is 4.40. The average Bonchev–Trinajstić information content (AvgIpc) is 3.33. The highest BCUT2D eigenvalue weighted by atomic mass is 32.2. The summed E-state index contributed by atoms with van der Waals surface area (Å²) < 4.78 is 47.2. The topological polar surface area (TPSA) is 79.7 Å². The van der Waals surface area contributed by atoms with Crippen molar-refractivity contribution in [1.82, 2.24) is 8.96 Å². The number of para-hydroxylation sites is 1. The number of nitrogens with zero attached hydrogens (tertiary/aromatic N) is 2. The van der Waals surface area contributed by atoms with Crippen LogP contribution >= 0.6 is 0 Å². The van der Waals surface area contributed by atoms with Crippen LogP contribution in [0.3, 0.4) is 0 Å². The molecule has 1 saturated heterocycles. The van der Waals surface area contributed by atoms with E-state index in [1.165, 1.54) is 3.97 Å². The van der Waals surface area contributed by atoms with E-state index in [0.717, 1.165) is 11.1 Å². The highest BCUT2D eigenvalue weighted by Gasteiger charge is 2.52. The van der Waals surface area contributed by atoms with Gasteiger partial charge in [-0.3, -0.25) is 0 Å². The van der Waals surface area contributed by atoms with Gasteiger partial charge in [-0.2, -0.15) is 0 Å². The van der Waals surface area contributed by atoms with Crippen LogP contribution in [0.1, 0.15) is 40.2 Å². The molecule has 2 aromatic carbocycles. The quantitative estimate of drug-likeness (QED) is 0.336. The van der Waals surface area contributed by atoms with Crippen LogP contribution in [-0.4, -0.2) is 42.3 Å². The van der Waals surface area contributed by atoms with E-state index in [9.17, 15) is 8.42 Å². The number of hydrogen-bond donors (Lipinski definition) is 0. The molecule has 0 aliphatic carbocycles. The maximum Gasteiger partial charge on any atom is 0.496 e. The Morgan fingerprint density at radius 2 is 1.62 bits per heavy atom. The summed E-state index contributed by atoms with van der Waals surface area (Å²) in [7, 11) is -4.54. The van der Waals surface area contributed by atoms with E-state index in [-0.39, 0.29) is 4.90 Å². The third-order valence-electron chi connectivity index (χ3n) is 7.21. The molecule has 7 nitrogen and oxygen atoms in total. The van der Waals surface area contributed by atoms with Crippen LogP contribution in [-0.2, 0) is 19.3 Å². The first-order valence-electron chi connectivity index (χ1n) is 12.4. The maximum atomic E-state index is 13.8. The lowest BCUT2D eigenvalue weighted by Crippen LogP contribution is -2.41. The molecule has 5 rings (SSSR count). The molecule has 0 bridgehead atoms. The van der Waals surface area contributed by atoms with Crippen LogP contribution in [0.2, 0.25) is 0 Å². The van der Waals surface area contributed by atoms with Gasteiger partial charge in [0.25, 0.3) is 10.0 Å². The molecular weight excluding hydrogens is 487 g/mol. The van der Waals surface area contributed by atoms with Crippen molar-refractivity contribution in [2.75, 3.05) is 6.61 Å². The second-order valence-corrected chi connectivity index (χ2v) is 12.1. The average molecular weight is 518 g/mol. The summed E-state index contributed by atoms with van der Waals surface area (Å²) in [5.41, 5.74) is 2.46. The number of ether oxygens (including phenoxy) is 1. The molecule has 3 heterocycles. The van der Waals surface area contributed by atoms with E-state index in [1.807, 2.05) is 71.9 Å². The molecule has 0 saturated carbocycles. The molecule has 0 N–H and O–H groups in total. The van der Waals surface area contributed by atoms with Crippen LogP contribution < -0.4 is 10.2 Å². The molecule has 0 unspecified atom stereocenters. The van der Waals surface area contributed by atoms with Gasteiger partial charge in [0, 0.05) is 34.4 Å². The maximum absolute atomic E-state index is 13.8. The van der Waals surface area contributed by atoms with E-state index in [0.29, 0.717) is 34.4 Å². The fourth-order valence-corrected chi connectivity index (χ4v) is 5.72. The Morgan fingerprint density at radius 1 is 0.973 bits per heavy atom. The van der Waals surface area contributed by atoms with Gasteiger partial charge in [-0.05, 0) is 65.8 Å². The lowest BCUT2D eigenvalue weighted by atomic mass is 9.79. The Labute approximate surface area is 218 Å². The molecule has 0 amide bonds. The number of pyridine rings is 1. The minimum atomic E-state index is -3.91. The van der Waals surface area contributed by atoms with Crippen LogP contribution in [0.5, 0.6) is 5.75 Å². The number of aromatic nitrogens is 2. The second kappa shape index (κ2) is 9.01. The highest BCUT2D eigenvalue weighted by molar-refractivity contribution is 7.90. The Kier molecular flexibility index (Phi) is 6.21. The van der Waals surface area contributed by atoms with E-state index in [1.54, 1.807) is 36.7 Å². The van der Waals surface area contributed by atoms with Gasteiger partial charge >= 0.3 is 7.12 Å². The molecule has 4 aromatic rings. The molecular formula is C28H31BN2O5S. The zero-order valence-corrected chi connectivity index (χ0v) is 22.8. The lowest BCUT2D eigenvalue weighted by Gasteiger charge is -2.32. The Balaban J connectivity index is 1.73. The molecule has 2 aromatic heterocycles. The molecule has 192 valence electrons. The summed E-state index contributed by atoms with van der Waals surface area (Å²) in [5, 5.41) is 0.662. The Bertz CT molecular complexity index is 1560. The molecule has 1 fully saturated rings. The van der Waals surface area contributed by atoms with Gasteiger partial charge in [0.15, 0.2) is 5.65 Å². The smallest absolute Gasteiger partial charge is 0.493 e. The second-order valence-electron chi connectivity index (χ2n) is 10.3. The van der Waals surface area contributed by atoms with Crippen LogP contribution in [0.15, 0.2) is 71.9 Å². The predicted octanol–water partition coefficient (Wildman–Crippen LogP) is 4.95. The lowest BCUT2D eigenvalue weighted by molar-refractivity contribution is 0.00578. The molecule has 0 radical (unpaired) electrons. The minimum absolute atomic E-state index is 0.191. The van der Waals surface area contributed by atoms with Crippen molar-refractivity contribution in [3.05, 3.63) is 72.6 Å². The number of benzene rings is 2. The number of fused-ring (bicyclic) bond motifs is 1. The van der Waals surface area contributed by atoms with Crippen LogP contribution in [0.25, 0.3) is 22.2 Å². The monoisotopic (exact) mass is 518 g/mol. The third kappa shape index (κ3) is 4.35. The van der Waals surface area contributed by atoms with Crippen molar-refractivity contribution >= 4 is 33.6 Å². The van der Waals surface area contributed by atoms with Gasteiger partial charge in [0.05, 0.1) is 22.7 Å². The summed E-state index contributed by atoms with van der Waals surface area (Å²) in [4.78, 5) is 4.83. The first-order chi connectivity index (χ1) is 17.4. The molecule has 1 aliphatic heterocycles. The van der Waals surface area contributed by atoms with Gasteiger partial charge in [0.1, 0.15) is 5.75 Å². The van der Waals surface area contributed by atoms with Gasteiger partial charge in [0.2, 0.25) is 0 Å². The summed E-state index contributed by atoms with van der Waals surface area (Å²) in [5.74, 6) is 0.665. The zero-order chi connectivity index (χ0) is 26.6. The summed E-state index contributed by atoms with van der Waals surface area (Å²) >= 11 is 0. The molecule has 0 atom stereocenters. The van der Waals surface area contributed by atoms with Gasteiger partial charge < -0.3 is 14.0 Å². The van der Waals surface area contributed by atoms with Crippen molar-refractivity contribution in [2.45, 2.75) is 57.6 Å². The molecule has 9 heteroatoms. The van der Waals surface area contributed by atoms with Crippen LogP contribution in [0, 0.1) is 6.92 Å². The standard InChI is InChI=1S/C28H31BN2O5S/c1-7-34-25-11-9-8-10-22(25)24-18-31(37(32,33)21-14-12-19(2)13-15-21)26-23(24)16-20(17-30-26)29-35-27(3,4)28(5,6)36-29/h8-18H,7H2,1-6H3. The first kappa shape index (κ1) is 25.5. The van der Waals surface area contributed by atoms with Crippen molar-refractivity contribution in [3.63, 3.8) is 0 Å². The van der Waals surface area contributed by atoms with Gasteiger partial charge in [-0.1, -0.05) is 35.9 Å². The first-order valence-corrected chi connectivity index (χ1v) is 13.8. The van der Waals surface area contributed by atoms with Gasteiger partial charge in [-0.25, -0.2) is 17.4 Å². The van der Waals surface area contributed by atoms with E-state index < -0.39 is 28.3 Å². The zero-order valence-electron chi connectivity index (χ0n) is 22.0. The Morgan fingerprint density at radius 3 is 2.27 bits per heavy atom. The van der Waals surface area contributed by atoms with Crippen molar-refractivity contribution in [3.8, 4) is 16.9 Å². The van der Waals surface area contributed by atoms with E-state index >= 15 is 0 Å². The third-order valence-corrected chi connectivity index (χ3v) is 8.88. The van der Waals surface area contributed by atoms with E-state index in [4.69, 9.17) is 14.0 Å². The van der Waals surface area contributed by atoms with Crippen molar-refractivity contribution in [1.29, 1.82) is 0 Å². The number of hydrogen-bond acceptors (Lipinski definition) is 6.